The number of likely N-dealkylation sites (tertiary alicyclic amines) is 1. The van der Waals surface area contributed by atoms with Crippen molar-refractivity contribution < 1.29 is 29.5 Å². The molecule has 5 aliphatic carbocycles. The lowest BCUT2D eigenvalue weighted by molar-refractivity contribution is -0.272. The first kappa shape index (κ1) is 21.3. The van der Waals surface area contributed by atoms with Gasteiger partial charge in [-0.15, -0.1) is 0 Å². The van der Waals surface area contributed by atoms with Crippen LogP contribution in [0, 0.1) is 40.4 Å². The highest BCUT2D eigenvalue weighted by Gasteiger charge is 2.86. The van der Waals surface area contributed by atoms with E-state index < -0.39 is 17.8 Å². The quantitative estimate of drug-likeness (QED) is 0.577. The van der Waals surface area contributed by atoms with E-state index in [1.807, 2.05) is 0 Å². The van der Waals surface area contributed by atoms with E-state index in [4.69, 9.17) is 14.2 Å². The van der Waals surface area contributed by atoms with Crippen molar-refractivity contribution in [2.24, 2.45) is 40.4 Å². The maximum absolute atomic E-state index is 12.5. The van der Waals surface area contributed by atoms with Crippen LogP contribution in [0.5, 0.6) is 0 Å². The van der Waals surface area contributed by atoms with Crippen LogP contribution in [0.2, 0.25) is 0 Å². The van der Waals surface area contributed by atoms with Crippen LogP contribution in [0.3, 0.4) is 0 Å². The first-order chi connectivity index (χ1) is 14.9. The molecular weight excluding hydrogens is 398 g/mol. The zero-order valence-electron chi connectivity index (χ0n) is 19.2. The summed E-state index contributed by atoms with van der Waals surface area (Å²) in [5, 5.41) is 35.7. The third-order valence-electron chi connectivity index (χ3n) is 11.1. The zero-order valence-corrected chi connectivity index (χ0v) is 19.2. The largest absolute Gasteiger partial charge is 0.392 e. The summed E-state index contributed by atoms with van der Waals surface area (Å²) >= 11 is 0. The summed E-state index contributed by atoms with van der Waals surface area (Å²) in [5.74, 6) is -0.168. The molecule has 0 aromatic heterocycles. The lowest BCUT2D eigenvalue weighted by Crippen LogP contribution is -2.76. The molecule has 0 amide bonds. The SMILES string of the molecule is CCN1C[C@]2(COC)CCC(O)C34C5C[C@@H]6[C@@H](OC)C[C@](O)(C(C13)[C@H](OC)C42)C5[C@H]6O. The van der Waals surface area contributed by atoms with E-state index in [1.54, 1.807) is 21.3 Å². The van der Waals surface area contributed by atoms with Crippen molar-refractivity contribution in [3.63, 3.8) is 0 Å². The predicted molar refractivity (Wildman–Crippen MR) is 112 cm³/mol. The van der Waals surface area contributed by atoms with Crippen molar-refractivity contribution in [3.05, 3.63) is 0 Å². The molecule has 0 radical (unpaired) electrons. The molecule has 7 unspecified atom stereocenters. The fourth-order valence-corrected chi connectivity index (χ4v) is 10.7. The van der Waals surface area contributed by atoms with E-state index in [-0.39, 0.29) is 58.7 Å². The van der Waals surface area contributed by atoms with Crippen molar-refractivity contribution in [3.8, 4) is 0 Å². The summed E-state index contributed by atoms with van der Waals surface area (Å²) < 4.78 is 18.0. The van der Waals surface area contributed by atoms with Gasteiger partial charge in [-0.1, -0.05) is 6.92 Å². The number of ether oxygens (including phenoxy) is 3. The molecule has 0 aromatic rings. The van der Waals surface area contributed by atoms with Gasteiger partial charge in [0.2, 0.25) is 0 Å². The summed E-state index contributed by atoms with van der Waals surface area (Å²) in [5.41, 5.74) is -1.54. The first-order valence-electron chi connectivity index (χ1n) is 12.2. The Morgan fingerprint density at radius 1 is 1.10 bits per heavy atom. The van der Waals surface area contributed by atoms with Gasteiger partial charge in [-0.05, 0) is 31.7 Å². The van der Waals surface area contributed by atoms with Gasteiger partial charge in [-0.25, -0.2) is 0 Å². The minimum atomic E-state index is -1.05. The van der Waals surface area contributed by atoms with E-state index in [0.29, 0.717) is 13.0 Å². The van der Waals surface area contributed by atoms with Crippen molar-refractivity contribution in [1.82, 2.24) is 4.90 Å². The highest BCUT2D eigenvalue weighted by Crippen LogP contribution is 2.79. The van der Waals surface area contributed by atoms with Crippen LogP contribution >= 0.6 is 0 Å². The minimum Gasteiger partial charge on any atom is -0.392 e. The van der Waals surface area contributed by atoms with Crippen molar-refractivity contribution in [1.29, 1.82) is 0 Å². The summed E-state index contributed by atoms with van der Waals surface area (Å²) in [6.45, 7) is 4.63. The van der Waals surface area contributed by atoms with Gasteiger partial charge in [0.1, 0.15) is 0 Å². The third-order valence-corrected chi connectivity index (χ3v) is 11.1. The molecule has 6 aliphatic rings. The fourth-order valence-electron chi connectivity index (χ4n) is 10.7. The van der Waals surface area contributed by atoms with Gasteiger partial charge in [-0.3, -0.25) is 4.90 Å². The average Bonchev–Trinajstić information content (AvgIpc) is 3.16. The Bertz CT molecular complexity index is 752. The topological polar surface area (TPSA) is 91.6 Å². The van der Waals surface area contributed by atoms with Gasteiger partial charge < -0.3 is 29.5 Å². The summed E-state index contributed by atoms with van der Waals surface area (Å²) in [7, 11) is 5.24. The predicted octanol–water partition coefficient (Wildman–Crippen LogP) is 0.502. The Kier molecular flexibility index (Phi) is 4.56. The Hall–Kier alpha value is -0.280. The smallest absolute Gasteiger partial charge is 0.0796 e. The fraction of sp³-hybridized carbons (Fsp3) is 1.00. The monoisotopic (exact) mass is 437 g/mol. The molecule has 31 heavy (non-hydrogen) atoms. The van der Waals surface area contributed by atoms with E-state index in [1.165, 1.54) is 0 Å². The number of hydrogen-bond acceptors (Lipinski definition) is 7. The number of aliphatic hydroxyl groups is 3. The van der Waals surface area contributed by atoms with Crippen LogP contribution in [0.1, 0.15) is 32.6 Å². The number of hydrogen-bond donors (Lipinski definition) is 3. The molecular formula is C24H39NO6. The molecule has 7 heteroatoms. The lowest BCUT2D eigenvalue weighted by atomic mass is 9.43. The van der Waals surface area contributed by atoms with Crippen molar-refractivity contribution >= 4 is 0 Å². The number of aliphatic hydroxyl groups excluding tert-OH is 2. The van der Waals surface area contributed by atoms with Crippen LogP contribution in [-0.4, -0.2) is 97.3 Å². The molecule has 5 saturated carbocycles. The molecule has 176 valence electrons. The van der Waals surface area contributed by atoms with Crippen LogP contribution in [0.4, 0.5) is 0 Å². The summed E-state index contributed by atoms with van der Waals surface area (Å²) in [6.07, 6.45) is 1.65. The second-order valence-electron chi connectivity index (χ2n) is 11.6. The second kappa shape index (κ2) is 6.65. The molecule has 13 atom stereocenters. The molecule has 7 nitrogen and oxygen atoms in total. The highest BCUT2D eigenvalue weighted by molar-refractivity contribution is 5.35. The third kappa shape index (κ3) is 2.12. The van der Waals surface area contributed by atoms with Gasteiger partial charge in [0.05, 0.1) is 36.6 Å². The highest BCUT2D eigenvalue weighted by atomic mass is 16.5. The maximum Gasteiger partial charge on any atom is 0.0796 e. The van der Waals surface area contributed by atoms with Gasteiger partial charge in [0, 0.05) is 74.8 Å². The number of nitrogens with zero attached hydrogens (tertiary/aromatic N) is 1. The first-order valence-corrected chi connectivity index (χ1v) is 12.2. The summed E-state index contributed by atoms with van der Waals surface area (Å²) in [6, 6.07) is 0.0561. The summed E-state index contributed by atoms with van der Waals surface area (Å²) in [4.78, 5) is 2.52. The van der Waals surface area contributed by atoms with Gasteiger partial charge in [0.25, 0.3) is 0 Å². The van der Waals surface area contributed by atoms with E-state index in [0.717, 1.165) is 32.4 Å². The molecule has 6 fully saturated rings. The Labute approximate surface area is 185 Å². The van der Waals surface area contributed by atoms with Gasteiger partial charge in [-0.2, -0.15) is 0 Å². The van der Waals surface area contributed by atoms with Gasteiger partial charge in [0.15, 0.2) is 0 Å². The number of rotatable bonds is 5. The number of fused-ring (bicyclic) bond motifs is 2. The van der Waals surface area contributed by atoms with Crippen LogP contribution in [-0.2, 0) is 14.2 Å². The Morgan fingerprint density at radius 3 is 2.52 bits per heavy atom. The van der Waals surface area contributed by atoms with Crippen LogP contribution in [0.15, 0.2) is 0 Å². The van der Waals surface area contributed by atoms with Crippen molar-refractivity contribution in [2.45, 2.75) is 68.7 Å². The molecule has 7 bridgehead atoms. The standard InChI is InChI=1S/C24H39NO6/c1-5-25-10-22(11-29-2)7-6-15(26)24-13-8-12-14(30-3)9-23(28,16(13)18(12)27)17(21(24)25)19(31-4)20(22)24/h12-21,26-28H,5-11H2,1-4H3/t12-,13?,14+,15?,16?,17?,18+,19+,20?,21?,22+,23-,24?/m1/s1. The average molecular weight is 438 g/mol. The van der Waals surface area contributed by atoms with Crippen LogP contribution < -0.4 is 0 Å². The lowest BCUT2D eigenvalue weighted by Gasteiger charge is -2.68. The molecule has 1 saturated heterocycles. The molecule has 0 aromatic carbocycles. The molecule has 1 spiro atoms. The van der Waals surface area contributed by atoms with E-state index in [9.17, 15) is 15.3 Å². The van der Waals surface area contributed by atoms with Gasteiger partial charge >= 0.3 is 0 Å². The second-order valence-corrected chi connectivity index (χ2v) is 11.6. The number of piperidine rings is 1. The normalized spacial score (nSPS) is 61.6. The Morgan fingerprint density at radius 2 is 1.87 bits per heavy atom. The number of methoxy groups -OCH3 is 3. The van der Waals surface area contributed by atoms with Crippen molar-refractivity contribution in [2.75, 3.05) is 41.0 Å². The molecule has 3 N–H and O–H groups in total. The Balaban J connectivity index is 1.62. The van der Waals surface area contributed by atoms with Crippen LogP contribution in [0.25, 0.3) is 0 Å². The molecule has 1 aliphatic heterocycles. The minimum absolute atomic E-state index is 0.0248. The zero-order chi connectivity index (χ0) is 21.9. The maximum atomic E-state index is 12.5. The van der Waals surface area contributed by atoms with E-state index >= 15 is 0 Å². The molecule has 1 heterocycles. The van der Waals surface area contributed by atoms with E-state index in [2.05, 4.69) is 11.8 Å². The molecule has 6 rings (SSSR count).